The minimum absolute atomic E-state index is 0.0221. The van der Waals surface area contributed by atoms with Crippen LogP contribution in [0.1, 0.15) is 43.8 Å². The second-order valence-corrected chi connectivity index (χ2v) is 6.34. The molecule has 1 aromatic rings. The van der Waals surface area contributed by atoms with Crippen molar-refractivity contribution in [3.8, 4) is 0 Å². The van der Waals surface area contributed by atoms with Crippen LogP contribution in [0.25, 0.3) is 0 Å². The van der Waals surface area contributed by atoms with Crippen molar-refractivity contribution in [1.82, 2.24) is 14.8 Å². The van der Waals surface area contributed by atoms with Crippen molar-refractivity contribution in [2.45, 2.75) is 55.8 Å². The van der Waals surface area contributed by atoms with Gasteiger partial charge in [0.2, 0.25) is 0 Å². The van der Waals surface area contributed by atoms with Gasteiger partial charge in [-0.25, -0.2) is 0 Å². The molecule has 1 unspecified atom stereocenters. The summed E-state index contributed by atoms with van der Waals surface area (Å²) in [7, 11) is 0. The van der Waals surface area contributed by atoms with Crippen molar-refractivity contribution in [1.29, 1.82) is 0 Å². The molecule has 1 saturated carbocycles. The van der Waals surface area contributed by atoms with Crippen LogP contribution in [0.5, 0.6) is 0 Å². The number of aliphatic carboxylic acids is 1. The van der Waals surface area contributed by atoms with Gasteiger partial charge in [-0.15, -0.1) is 10.2 Å². The fraction of sp³-hybridized carbons (Fsp3) is 0.769. The fourth-order valence-corrected chi connectivity index (χ4v) is 3.18. The molecule has 2 aliphatic rings. The number of nitrogens with zero attached hydrogens (tertiary/aromatic N) is 3. The third kappa shape index (κ3) is 3.32. The van der Waals surface area contributed by atoms with Crippen molar-refractivity contribution in [2.24, 2.45) is 0 Å². The first-order valence-corrected chi connectivity index (χ1v) is 8.12. The molecular weight excluding hydrogens is 278 g/mol. The van der Waals surface area contributed by atoms with E-state index in [2.05, 4.69) is 14.8 Å². The summed E-state index contributed by atoms with van der Waals surface area (Å²) in [4.78, 5) is 10.7. The number of ether oxygens (including phenoxy) is 1. The normalized spacial score (nSPS) is 22.9. The molecule has 1 aliphatic heterocycles. The maximum absolute atomic E-state index is 10.7. The summed E-state index contributed by atoms with van der Waals surface area (Å²) in [6.45, 7) is 1.57. The average Bonchev–Trinajstić information content (AvgIpc) is 3.21. The maximum Gasteiger partial charge on any atom is 0.313 e. The van der Waals surface area contributed by atoms with Crippen LogP contribution in [-0.4, -0.2) is 44.3 Å². The van der Waals surface area contributed by atoms with E-state index < -0.39 is 5.97 Å². The first-order chi connectivity index (χ1) is 9.74. The Balaban J connectivity index is 1.73. The standard InChI is InChI=1S/C13H19N3O3S/c17-11(18)8-20-13-15-14-12(9-4-5-9)16(13)7-10-3-1-2-6-19-10/h9-10H,1-8H2,(H,17,18). The van der Waals surface area contributed by atoms with Gasteiger partial charge in [-0.2, -0.15) is 0 Å². The highest BCUT2D eigenvalue weighted by Gasteiger charge is 2.31. The van der Waals surface area contributed by atoms with Crippen molar-refractivity contribution in [3.63, 3.8) is 0 Å². The Morgan fingerprint density at radius 3 is 2.85 bits per heavy atom. The molecule has 0 aromatic carbocycles. The van der Waals surface area contributed by atoms with Crippen molar-refractivity contribution < 1.29 is 14.6 Å². The zero-order valence-electron chi connectivity index (χ0n) is 11.3. The highest BCUT2D eigenvalue weighted by atomic mass is 32.2. The summed E-state index contributed by atoms with van der Waals surface area (Å²) in [5.41, 5.74) is 0. The third-order valence-corrected chi connectivity index (χ3v) is 4.62. The van der Waals surface area contributed by atoms with Gasteiger partial charge in [-0.05, 0) is 32.1 Å². The summed E-state index contributed by atoms with van der Waals surface area (Å²) in [6.07, 6.45) is 5.92. The zero-order valence-corrected chi connectivity index (χ0v) is 12.1. The van der Waals surface area contributed by atoms with Crippen LogP contribution in [0.4, 0.5) is 0 Å². The lowest BCUT2D eigenvalue weighted by Crippen LogP contribution is -2.25. The molecule has 0 bridgehead atoms. The molecule has 1 saturated heterocycles. The van der Waals surface area contributed by atoms with Crippen molar-refractivity contribution in [2.75, 3.05) is 12.4 Å². The van der Waals surface area contributed by atoms with Gasteiger partial charge in [0.05, 0.1) is 18.4 Å². The maximum atomic E-state index is 10.7. The molecule has 1 aliphatic carbocycles. The van der Waals surface area contributed by atoms with Gasteiger partial charge >= 0.3 is 5.97 Å². The van der Waals surface area contributed by atoms with Gasteiger partial charge in [0.15, 0.2) is 5.16 Å². The van der Waals surface area contributed by atoms with Crippen LogP contribution < -0.4 is 0 Å². The molecule has 6 nitrogen and oxygen atoms in total. The highest BCUT2D eigenvalue weighted by molar-refractivity contribution is 7.99. The van der Waals surface area contributed by atoms with Crippen molar-refractivity contribution >= 4 is 17.7 Å². The smallest absolute Gasteiger partial charge is 0.313 e. The number of hydrogen-bond acceptors (Lipinski definition) is 5. The number of aromatic nitrogens is 3. The Morgan fingerprint density at radius 2 is 2.20 bits per heavy atom. The molecule has 1 N–H and O–H groups in total. The van der Waals surface area contributed by atoms with Crippen LogP contribution in [0, 0.1) is 0 Å². The molecule has 2 heterocycles. The molecule has 7 heteroatoms. The van der Waals surface area contributed by atoms with Crippen LogP contribution in [0.15, 0.2) is 5.16 Å². The Labute approximate surface area is 121 Å². The van der Waals surface area contributed by atoms with E-state index in [-0.39, 0.29) is 11.9 Å². The van der Waals surface area contributed by atoms with E-state index in [1.807, 2.05) is 0 Å². The summed E-state index contributed by atoms with van der Waals surface area (Å²) < 4.78 is 7.87. The number of carboxylic acids is 1. The largest absolute Gasteiger partial charge is 0.481 e. The quantitative estimate of drug-likeness (QED) is 0.808. The van der Waals surface area contributed by atoms with E-state index >= 15 is 0 Å². The van der Waals surface area contributed by atoms with Gasteiger partial charge < -0.3 is 14.4 Å². The molecule has 20 heavy (non-hydrogen) atoms. The summed E-state index contributed by atoms with van der Waals surface area (Å²) in [5, 5.41) is 18.0. The minimum Gasteiger partial charge on any atom is -0.481 e. The second-order valence-electron chi connectivity index (χ2n) is 5.40. The van der Waals surface area contributed by atoms with E-state index in [9.17, 15) is 4.79 Å². The molecule has 1 aromatic heterocycles. The number of carbonyl (C=O) groups is 1. The molecule has 3 rings (SSSR count). The Kier molecular flexibility index (Phi) is 4.26. The van der Waals surface area contributed by atoms with Gasteiger partial charge in [0.25, 0.3) is 0 Å². The SMILES string of the molecule is O=C(O)CSc1nnc(C2CC2)n1CC1CCCCO1. The zero-order chi connectivity index (χ0) is 13.9. The van der Waals surface area contributed by atoms with E-state index in [0.29, 0.717) is 11.1 Å². The molecule has 0 amide bonds. The second kappa shape index (κ2) is 6.13. The first kappa shape index (κ1) is 13.9. The summed E-state index contributed by atoms with van der Waals surface area (Å²) in [6, 6.07) is 0. The molecular formula is C13H19N3O3S. The molecule has 0 radical (unpaired) electrons. The third-order valence-electron chi connectivity index (χ3n) is 3.67. The van der Waals surface area contributed by atoms with Crippen LogP contribution in [0.3, 0.4) is 0 Å². The summed E-state index contributed by atoms with van der Waals surface area (Å²) in [5.74, 6) is 0.706. The predicted octanol–water partition coefficient (Wildman–Crippen LogP) is 1.90. The number of carboxylic acid groups (broad SMARTS) is 1. The molecule has 110 valence electrons. The predicted molar refractivity (Wildman–Crippen MR) is 73.9 cm³/mol. The molecule has 0 spiro atoms. The lowest BCUT2D eigenvalue weighted by molar-refractivity contribution is -0.133. The highest BCUT2D eigenvalue weighted by Crippen LogP contribution is 2.40. The Bertz CT molecular complexity index is 481. The topological polar surface area (TPSA) is 77.2 Å². The van der Waals surface area contributed by atoms with E-state index in [0.717, 1.165) is 44.7 Å². The Hall–Kier alpha value is -1.08. The lowest BCUT2D eigenvalue weighted by atomic mass is 10.1. The molecule has 2 fully saturated rings. The van der Waals surface area contributed by atoms with Gasteiger partial charge in [0, 0.05) is 12.5 Å². The first-order valence-electron chi connectivity index (χ1n) is 7.13. The number of rotatable bonds is 6. The van der Waals surface area contributed by atoms with Gasteiger partial charge in [-0.1, -0.05) is 11.8 Å². The van der Waals surface area contributed by atoms with E-state index in [1.54, 1.807) is 0 Å². The minimum atomic E-state index is -0.827. The lowest BCUT2D eigenvalue weighted by Gasteiger charge is -2.24. The van der Waals surface area contributed by atoms with Gasteiger partial charge in [0.1, 0.15) is 5.82 Å². The average molecular weight is 297 g/mol. The van der Waals surface area contributed by atoms with Crippen LogP contribution in [-0.2, 0) is 16.1 Å². The van der Waals surface area contributed by atoms with Gasteiger partial charge in [-0.3, -0.25) is 4.79 Å². The van der Waals surface area contributed by atoms with Crippen LogP contribution >= 0.6 is 11.8 Å². The number of hydrogen-bond donors (Lipinski definition) is 1. The van der Waals surface area contributed by atoms with Crippen molar-refractivity contribution in [3.05, 3.63) is 5.82 Å². The Morgan fingerprint density at radius 1 is 1.35 bits per heavy atom. The van der Waals surface area contributed by atoms with Crippen LogP contribution in [0.2, 0.25) is 0 Å². The fourth-order valence-electron chi connectivity index (χ4n) is 2.50. The monoisotopic (exact) mass is 297 g/mol. The van der Waals surface area contributed by atoms with E-state index in [4.69, 9.17) is 9.84 Å². The number of thioether (sulfide) groups is 1. The summed E-state index contributed by atoms with van der Waals surface area (Å²) >= 11 is 1.24. The van der Waals surface area contributed by atoms with E-state index in [1.165, 1.54) is 18.2 Å². The molecule has 1 atom stereocenters.